The minimum absolute atomic E-state index is 0.146. The summed E-state index contributed by atoms with van der Waals surface area (Å²) in [5, 5.41) is 0. The number of nitrogens with two attached hydrogens (primary N) is 1. The topological polar surface area (TPSA) is 60.9 Å². The molecule has 0 radical (unpaired) electrons. The van der Waals surface area contributed by atoms with Crippen molar-refractivity contribution in [1.29, 1.82) is 0 Å². The van der Waals surface area contributed by atoms with Gasteiger partial charge >= 0.3 is 0 Å². The molecule has 1 aromatic carbocycles. The van der Waals surface area contributed by atoms with Crippen LogP contribution in [0.1, 0.15) is 11.1 Å². The lowest BCUT2D eigenvalue weighted by Crippen LogP contribution is -2.20. The van der Waals surface area contributed by atoms with Gasteiger partial charge in [0.15, 0.2) is 0 Å². The largest absolute Gasteiger partial charge is 0.326 e. The lowest BCUT2D eigenvalue weighted by atomic mass is 10.1. The SMILES string of the molecule is NCc1cc(F)ccc1Cn1cnccc1=O. The van der Waals surface area contributed by atoms with Crippen LogP contribution in [0.25, 0.3) is 0 Å². The summed E-state index contributed by atoms with van der Waals surface area (Å²) in [7, 11) is 0. The van der Waals surface area contributed by atoms with Gasteiger partial charge in [-0.25, -0.2) is 9.37 Å². The fraction of sp³-hybridized carbons (Fsp3) is 0.167. The normalized spacial score (nSPS) is 10.5. The second-order valence-corrected chi connectivity index (χ2v) is 3.66. The van der Waals surface area contributed by atoms with E-state index in [1.807, 2.05) is 0 Å². The van der Waals surface area contributed by atoms with Crippen molar-refractivity contribution in [3.63, 3.8) is 0 Å². The number of benzene rings is 1. The van der Waals surface area contributed by atoms with E-state index in [2.05, 4.69) is 4.98 Å². The van der Waals surface area contributed by atoms with Crippen molar-refractivity contribution in [3.05, 3.63) is 64.1 Å². The van der Waals surface area contributed by atoms with Crippen molar-refractivity contribution in [1.82, 2.24) is 9.55 Å². The molecule has 0 saturated carbocycles. The van der Waals surface area contributed by atoms with Crippen molar-refractivity contribution < 1.29 is 4.39 Å². The lowest BCUT2D eigenvalue weighted by Gasteiger charge is -2.09. The van der Waals surface area contributed by atoms with Crippen LogP contribution in [0, 0.1) is 5.82 Å². The predicted molar refractivity (Wildman–Crippen MR) is 61.9 cm³/mol. The molecule has 1 aromatic heterocycles. The second kappa shape index (κ2) is 4.88. The van der Waals surface area contributed by atoms with Crippen molar-refractivity contribution in [2.24, 2.45) is 5.73 Å². The zero-order chi connectivity index (χ0) is 12.3. The van der Waals surface area contributed by atoms with E-state index in [4.69, 9.17) is 5.73 Å². The maximum absolute atomic E-state index is 13.0. The molecule has 0 bridgehead atoms. The number of rotatable bonds is 3. The summed E-state index contributed by atoms with van der Waals surface area (Å²) in [6, 6.07) is 5.76. The summed E-state index contributed by atoms with van der Waals surface area (Å²) in [5.41, 5.74) is 6.91. The minimum Gasteiger partial charge on any atom is -0.326 e. The molecule has 0 spiro atoms. The summed E-state index contributed by atoms with van der Waals surface area (Å²) in [6.45, 7) is 0.585. The molecule has 1 heterocycles. The lowest BCUT2D eigenvalue weighted by molar-refractivity contribution is 0.622. The van der Waals surface area contributed by atoms with E-state index in [9.17, 15) is 9.18 Å². The highest BCUT2D eigenvalue weighted by Gasteiger charge is 2.04. The molecule has 0 atom stereocenters. The van der Waals surface area contributed by atoms with Crippen LogP contribution in [0.15, 0.2) is 41.6 Å². The Bertz CT molecular complexity index is 580. The van der Waals surface area contributed by atoms with E-state index in [1.165, 1.54) is 35.3 Å². The van der Waals surface area contributed by atoms with E-state index >= 15 is 0 Å². The summed E-state index contributed by atoms with van der Waals surface area (Å²) in [5.74, 6) is -0.326. The standard InChI is InChI=1S/C12H12FN3O/c13-11-2-1-9(10(5-11)6-14)7-16-8-15-4-3-12(16)17/h1-5,8H,6-7,14H2. The molecule has 17 heavy (non-hydrogen) atoms. The molecule has 88 valence electrons. The Hall–Kier alpha value is -2.01. The quantitative estimate of drug-likeness (QED) is 0.856. The summed E-state index contributed by atoms with van der Waals surface area (Å²) >= 11 is 0. The van der Waals surface area contributed by atoms with Crippen LogP contribution < -0.4 is 11.3 Å². The molecule has 0 fully saturated rings. The zero-order valence-electron chi connectivity index (χ0n) is 9.14. The summed E-state index contributed by atoms with van der Waals surface area (Å²) in [6.07, 6.45) is 2.89. The number of hydrogen-bond donors (Lipinski definition) is 1. The Kier molecular flexibility index (Phi) is 3.30. The third-order valence-corrected chi connectivity index (χ3v) is 2.52. The van der Waals surface area contributed by atoms with Gasteiger partial charge < -0.3 is 5.73 Å². The molecule has 2 aromatic rings. The van der Waals surface area contributed by atoms with Gasteiger partial charge in [0.2, 0.25) is 0 Å². The molecule has 0 amide bonds. The van der Waals surface area contributed by atoms with Crippen molar-refractivity contribution in [3.8, 4) is 0 Å². The number of aromatic nitrogens is 2. The number of nitrogens with zero attached hydrogens (tertiary/aromatic N) is 2. The van der Waals surface area contributed by atoms with Crippen LogP contribution >= 0.6 is 0 Å². The first-order valence-electron chi connectivity index (χ1n) is 5.18. The molecule has 0 aliphatic carbocycles. The van der Waals surface area contributed by atoms with Crippen LogP contribution in [-0.2, 0) is 13.1 Å². The first-order valence-corrected chi connectivity index (χ1v) is 5.18. The molecule has 4 nitrogen and oxygen atoms in total. The van der Waals surface area contributed by atoms with Gasteiger partial charge in [-0.1, -0.05) is 6.07 Å². The Morgan fingerprint density at radius 3 is 2.82 bits per heavy atom. The highest BCUT2D eigenvalue weighted by molar-refractivity contribution is 5.28. The first kappa shape index (κ1) is 11.5. The summed E-state index contributed by atoms with van der Waals surface area (Å²) < 4.78 is 14.5. The van der Waals surface area contributed by atoms with E-state index in [-0.39, 0.29) is 17.9 Å². The first-order chi connectivity index (χ1) is 8.20. The highest BCUT2D eigenvalue weighted by atomic mass is 19.1. The van der Waals surface area contributed by atoms with E-state index in [1.54, 1.807) is 6.07 Å². The number of halogens is 1. The Balaban J connectivity index is 2.36. The third-order valence-electron chi connectivity index (χ3n) is 2.52. The molecule has 2 rings (SSSR count). The van der Waals surface area contributed by atoms with Gasteiger partial charge in [0.05, 0.1) is 12.9 Å². The Labute approximate surface area is 97.5 Å². The average molecular weight is 233 g/mol. The van der Waals surface area contributed by atoms with E-state index < -0.39 is 0 Å². The molecule has 0 saturated heterocycles. The van der Waals surface area contributed by atoms with Crippen LogP contribution in [0.5, 0.6) is 0 Å². The monoisotopic (exact) mass is 233 g/mol. The van der Waals surface area contributed by atoms with Gasteiger partial charge in [-0.15, -0.1) is 0 Å². The zero-order valence-corrected chi connectivity index (χ0v) is 9.14. The molecule has 0 aliphatic heterocycles. The summed E-state index contributed by atoms with van der Waals surface area (Å²) in [4.78, 5) is 15.4. The van der Waals surface area contributed by atoms with Gasteiger partial charge in [0.1, 0.15) is 5.82 Å². The predicted octanol–water partition coefficient (Wildman–Crippen LogP) is 0.889. The van der Waals surface area contributed by atoms with Gasteiger partial charge in [0, 0.05) is 18.8 Å². The fourth-order valence-corrected chi connectivity index (χ4v) is 1.62. The van der Waals surface area contributed by atoms with Crippen LogP contribution in [0.3, 0.4) is 0 Å². The average Bonchev–Trinajstić information content (AvgIpc) is 2.34. The second-order valence-electron chi connectivity index (χ2n) is 3.66. The maximum atomic E-state index is 13.0. The third kappa shape index (κ3) is 2.57. The van der Waals surface area contributed by atoms with Gasteiger partial charge in [0.25, 0.3) is 5.56 Å². The molecule has 0 aliphatic rings. The van der Waals surface area contributed by atoms with Gasteiger partial charge in [-0.05, 0) is 23.3 Å². The molecule has 0 unspecified atom stereocenters. The maximum Gasteiger partial charge on any atom is 0.253 e. The van der Waals surface area contributed by atoms with Gasteiger partial charge in [-0.2, -0.15) is 0 Å². The van der Waals surface area contributed by atoms with Crippen LogP contribution in [-0.4, -0.2) is 9.55 Å². The Morgan fingerprint density at radius 1 is 1.29 bits per heavy atom. The van der Waals surface area contributed by atoms with Gasteiger partial charge in [-0.3, -0.25) is 9.36 Å². The Morgan fingerprint density at radius 2 is 2.12 bits per heavy atom. The number of hydrogen-bond acceptors (Lipinski definition) is 3. The molecule has 5 heteroatoms. The van der Waals surface area contributed by atoms with Crippen molar-refractivity contribution >= 4 is 0 Å². The van der Waals surface area contributed by atoms with Crippen LogP contribution in [0.2, 0.25) is 0 Å². The molecular formula is C12H12FN3O. The highest BCUT2D eigenvalue weighted by Crippen LogP contribution is 2.11. The van der Waals surface area contributed by atoms with Crippen molar-refractivity contribution in [2.75, 3.05) is 0 Å². The molecular weight excluding hydrogens is 221 g/mol. The van der Waals surface area contributed by atoms with E-state index in [0.717, 1.165) is 5.56 Å². The van der Waals surface area contributed by atoms with E-state index in [0.29, 0.717) is 12.1 Å². The molecule has 2 N–H and O–H groups in total. The fourth-order valence-electron chi connectivity index (χ4n) is 1.62. The smallest absolute Gasteiger partial charge is 0.253 e. The van der Waals surface area contributed by atoms with Crippen LogP contribution in [0.4, 0.5) is 4.39 Å². The van der Waals surface area contributed by atoms with Crippen molar-refractivity contribution in [2.45, 2.75) is 13.1 Å². The minimum atomic E-state index is -0.326.